The average molecular weight is 450 g/mol. The molecule has 1 aliphatic heterocycles. The second-order valence-corrected chi connectivity index (χ2v) is 8.72. The van der Waals surface area contributed by atoms with E-state index in [0.717, 1.165) is 50.8 Å². The molecule has 2 aromatic rings. The van der Waals surface area contributed by atoms with Gasteiger partial charge in [-0.2, -0.15) is 0 Å². The molecule has 7 nitrogen and oxygen atoms in total. The van der Waals surface area contributed by atoms with E-state index in [1.807, 2.05) is 12.1 Å². The number of nitrogens with zero attached hydrogens (tertiary/aromatic N) is 1. The van der Waals surface area contributed by atoms with Crippen molar-refractivity contribution in [2.45, 2.75) is 57.0 Å². The van der Waals surface area contributed by atoms with Crippen LogP contribution in [0.4, 0.5) is 5.69 Å². The van der Waals surface area contributed by atoms with E-state index in [9.17, 15) is 14.4 Å². The van der Waals surface area contributed by atoms with Gasteiger partial charge in [-0.05, 0) is 74.2 Å². The van der Waals surface area contributed by atoms with Crippen LogP contribution in [0.3, 0.4) is 0 Å². The molecule has 2 fully saturated rings. The number of hydrogen-bond donors (Lipinski definition) is 2. The lowest BCUT2D eigenvalue weighted by Crippen LogP contribution is -2.53. The summed E-state index contributed by atoms with van der Waals surface area (Å²) in [6.45, 7) is 0.724. The Morgan fingerprint density at radius 3 is 1.88 bits per heavy atom. The number of anilines is 1. The predicted octanol–water partition coefficient (Wildman–Crippen LogP) is 3.68. The lowest BCUT2D eigenvalue weighted by atomic mass is 9.89. The first kappa shape index (κ1) is 22.8. The molecular formula is C26H31N3O4. The molecule has 1 aliphatic carbocycles. The molecule has 4 rings (SSSR count). The lowest BCUT2D eigenvalue weighted by molar-refractivity contribution is -0.119. The molecule has 1 saturated heterocycles. The number of piperidine rings is 1. The predicted molar refractivity (Wildman–Crippen MR) is 127 cm³/mol. The summed E-state index contributed by atoms with van der Waals surface area (Å²) in [5, 5.41) is 6.21. The van der Waals surface area contributed by atoms with Crippen LogP contribution in [0, 0.1) is 0 Å². The summed E-state index contributed by atoms with van der Waals surface area (Å²) in [6, 6.07) is 13.9. The van der Waals surface area contributed by atoms with E-state index in [2.05, 4.69) is 10.6 Å². The molecule has 1 saturated carbocycles. The molecule has 0 radical (unpaired) electrons. The van der Waals surface area contributed by atoms with Crippen LogP contribution in [0.25, 0.3) is 0 Å². The van der Waals surface area contributed by atoms with Gasteiger partial charge in [0.15, 0.2) is 0 Å². The third-order valence-electron chi connectivity index (χ3n) is 6.52. The van der Waals surface area contributed by atoms with Crippen molar-refractivity contribution in [3.63, 3.8) is 0 Å². The van der Waals surface area contributed by atoms with Crippen molar-refractivity contribution >= 4 is 23.4 Å². The molecular weight excluding hydrogens is 418 g/mol. The van der Waals surface area contributed by atoms with E-state index in [1.54, 1.807) is 48.4 Å². The number of hydrogen-bond acceptors (Lipinski definition) is 4. The molecule has 3 amide bonds. The highest BCUT2D eigenvalue weighted by Crippen LogP contribution is 2.23. The zero-order valence-corrected chi connectivity index (χ0v) is 19.0. The maximum Gasteiger partial charge on any atom is 0.251 e. The quantitative estimate of drug-likeness (QED) is 0.704. The summed E-state index contributed by atoms with van der Waals surface area (Å²) in [6.07, 6.45) is 6.18. The maximum absolute atomic E-state index is 12.9. The zero-order valence-electron chi connectivity index (χ0n) is 19.0. The number of methoxy groups -OCH3 is 1. The Balaban J connectivity index is 1.38. The molecule has 0 bridgehead atoms. The Morgan fingerprint density at radius 2 is 1.36 bits per heavy atom. The van der Waals surface area contributed by atoms with E-state index in [1.165, 1.54) is 0 Å². The minimum absolute atomic E-state index is 0.123. The molecule has 2 aromatic carbocycles. The van der Waals surface area contributed by atoms with Gasteiger partial charge in [-0.3, -0.25) is 14.4 Å². The Hall–Kier alpha value is -3.35. The number of benzene rings is 2. The van der Waals surface area contributed by atoms with E-state index in [4.69, 9.17) is 4.74 Å². The van der Waals surface area contributed by atoms with Crippen LogP contribution in [0.2, 0.25) is 0 Å². The second-order valence-electron chi connectivity index (χ2n) is 8.72. The number of carbonyl (C=O) groups is 3. The van der Waals surface area contributed by atoms with Crippen molar-refractivity contribution < 1.29 is 19.1 Å². The molecule has 2 unspecified atom stereocenters. The Morgan fingerprint density at radius 1 is 0.818 bits per heavy atom. The van der Waals surface area contributed by atoms with Gasteiger partial charge in [-0.25, -0.2) is 0 Å². The fourth-order valence-corrected chi connectivity index (χ4v) is 4.59. The van der Waals surface area contributed by atoms with Crippen molar-refractivity contribution in [1.82, 2.24) is 10.6 Å². The first-order valence-electron chi connectivity index (χ1n) is 11.7. The van der Waals surface area contributed by atoms with Gasteiger partial charge in [0.2, 0.25) is 5.91 Å². The first-order chi connectivity index (χ1) is 16.0. The summed E-state index contributed by atoms with van der Waals surface area (Å²) in [5.74, 6) is 0.516. The van der Waals surface area contributed by atoms with Crippen LogP contribution in [-0.2, 0) is 4.79 Å². The summed E-state index contributed by atoms with van der Waals surface area (Å²) in [5.41, 5.74) is 1.95. The Bertz CT molecular complexity index is 988. The summed E-state index contributed by atoms with van der Waals surface area (Å²) < 4.78 is 5.15. The van der Waals surface area contributed by atoms with Crippen LogP contribution in [0.1, 0.15) is 65.7 Å². The van der Waals surface area contributed by atoms with E-state index in [0.29, 0.717) is 23.3 Å². The lowest BCUT2D eigenvalue weighted by Gasteiger charge is -2.33. The third-order valence-corrected chi connectivity index (χ3v) is 6.52. The molecule has 0 aromatic heterocycles. The molecule has 33 heavy (non-hydrogen) atoms. The molecule has 7 heteroatoms. The van der Waals surface area contributed by atoms with E-state index < -0.39 is 0 Å². The molecule has 1 heterocycles. The smallest absolute Gasteiger partial charge is 0.251 e. The van der Waals surface area contributed by atoms with Gasteiger partial charge in [-0.1, -0.05) is 12.8 Å². The SMILES string of the molecule is COc1ccc(C(=O)NC2CCCCC2NC(=O)c2ccc(N3CCCCC3=O)cc2)cc1. The van der Waals surface area contributed by atoms with Crippen LogP contribution in [0.5, 0.6) is 5.75 Å². The van der Waals surface area contributed by atoms with Gasteiger partial charge in [0.05, 0.1) is 7.11 Å². The van der Waals surface area contributed by atoms with Gasteiger partial charge in [-0.15, -0.1) is 0 Å². The first-order valence-corrected chi connectivity index (χ1v) is 11.7. The van der Waals surface area contributed by atoms with E-state index in [-0.39, 0.29) is 29.8 Å². The highest BCUT2D eigenvalue weighted by Gasteiger charge is 2.28. The van der Waals surface area contributed by atoms with Crippen molar-refractivity contribution in [2.24, 2.45) is 0 Å². The largest absolute Gasteiger partial charge is 0.497 e. The summed E-state index contributed by atoms with van der Waals surface area (Å²) in [4.78, 5) is 39.6. The monoisotopic (exact) mass is 449 g/mol. The Labute approximate surface area is 194 Å². The molecule has 2 atom stereocenters. The van der Waals surface area contributed by atoms with Crippen molar-refractivity contribution in [3.05, 3.63) is 59.7 Å². The minimum Gasteiger partial charge on any atom is -0.497 e. The zero-order chi connectivity index (χ0) is 23.2. The Kier molecular flexibility index (Phi) is 7.27. The topological polar surface area (TPSA) is 87.7 Å². The highest BCUT2D eigenvalue weighted by molar-refractivity contribution is 5.97. The highest BCUT2D eigenvalue weighted by atomic mass is 16.5. The van der Waals surface area contributed by atoms with Gasteiger partial charge in [0, 0.05) is 41.9 Å². The van der Waals surface area contributed by atoms with Gasteiger partial charge >= 0.3 is 0 Å². The molecule has 174 valence electrons. The summed E-state index contributed by atoms with van der Waals surface area (Å²) >= 11 is 0. The standard InChI is InChI=1S/C26H31N3O4/c1-33-21-15-11-19(12-16-21)26(32)28-23-7-3-2-6-22(23)27-25(31)18-9-13-20(14-10-18)29-17-5-4-8-24(29)30/h9-16,22-23H,2-8,17H2,1H3,(H,27,31)(H,28,32). The van der Waals surface area contributed by atoms with Gasteiger partial charge < -0.3 is 20.3 Å². The molecule has 2 aliphatic rings. The number of amides is 3. The average Bonchev–Trinajstić information content (AvgIpc) is 2.85. The van der Waals surface area contributed by atoms with Gasteiger partial charge in [0.25, 0.3) is 11.8 Å². The van der Waals surface area contributed by atoms with Crippen LogP contribution in [-0.4, -0.2) is 43.5 Å². The number of ether oxygens (including phenoxy) is 1. The van der Waals surface area contributed by atoms with Gasteiger partial charge in [0.1, 0.15) is 5.75 Å². The van der Waals surface area contributed by atoms with Crippen LogP contribution < -0.4 is 20.3 Å². The maximum atomic E-state index is 12.9. The molecule has 0 spiro atoms. The number of carbonyl (C=O) groups excluding carboxylic acids is 3. The minimum atomic E-state index is -0.165. The van der Waals surface area contributed by atoms with Crippen molar-refractivity contribution in [1.29, 1.82) is 0 Å². The normalized spacial score (nSPS) is 20.8. The fraction of sp³-hybridized carbons (Fsp3) is 0.423. The fourth-order valence-electron chi connectivity index (χ4n) is 4.59. The number of rotatable bonds is 6. The van der Waals surface area contributed by atoms with Crippen LogP contribution >= 0.6 is 0 Å². The second kappa shape index (κ2) is 10.5. The third kappa shape index (κ3) is 5.53. The van der Waals surface area contributed by atoms with Crippen molar-refractivity contribution in [2.75, 3.05) is 18.6 Å². The molecule has 2 N–H and O–H groups in total. The van der Waals surface area contributed by atoms with E-state index >= 15 is 0 Å². The van der Waals surface area contributed by atoms with Crippen LogP contribution in [0.15, 0.2) is 48.5 Å². The number of nitrogens with one attached hydrogen (secondary N) is 2. The van der Waals surface area contributed by atoms with Crippen molar-refractivity contribution in [3.8, 4) is 5.75 Å². The summed E-state index contributed by atoms with van der Waals surface area (Å²) in [7, 11) is 1.59.